The van der Waals surface area contributed by atoms with E-state index in [0.29, 0.717) is 12.2 Å². The summed E-state index contributed by atoms with van der Waals surface area (Å²) in [6.07, 6.45) is 1.57. The van der Waals surface area contributed by atoms with Crippen molar-refractivity contribution in [3.63, 3.8) is 0 Å². The number of nitro groups is 1. The Labute approximate surface area is 122 Å². The minimum absolute atomic E-state index is 0.0188. The Balaban J connectivity index is 2.39. The molecule has 1 fully saturated rings. The zero-order chi connectivity index (χ0) is 15.6. The van der Waals surface area contributed by atoms with Crippen LogP contribution in [0, 0.1) is 21.4 Å². The number of nitro benzene ring substituents is 1. The highest BCUT2D eigenvalue weighted by molar-refractivity contribution is 5.86. The van der Waals surface area contributed by atoms with Crippen molar-refractivity contribution < 1.29 is 9.72 Å². The van der Waals surface area contributed by atoms with Crippen molar-refractivity contribution in [2.75, 3.05) is 25.5 Å². The first-order valence-corrected chi connectivity index (χ1v) is 6.62. The van der Waals surface area contributed by atoms with Gasteiger partial charge in [-0.3, -0.25) is 14.9 Å². The van der Waals surface area contributed by atoms with E-state index in [0.717, 1.165) is 12.8 Å². The number of hydrogen-bond donors (Lipinski definition) is 0. The molecule has 1 aromatic rings. The van der Waals surface area contributed by atoms with E-state index in [1.807, 2.05) is 11.0 Å². The van der Waals surface area contributed by atoms with Crippen molar-refractivity contribution in [2.24, 2.45) is 0 Å². The van der Waals surface area contributed by atoms with Gasteiger partial charge in [-0.15, -0.1) is 0 Å². The summed E-state index contributed by atoms with van der Waals surface area (Å²) in [5.41, 5.74) is 0.688. The third kappa shape index (κ3) is 2.79. The highest BCUT2D eigenvalue weighted by Gasteiger charge is 2.33. The van der Waals surface area contributed by atoms with Crippen LogP contribution in [0.15, 0.2) is 18.2 Å². The standard InChI is InChI=1S/C14H16N4O3/c1-16(2)14(19)13-4-3-7-17(13)12-6-5-11(18(20)21)8-10(12)9-15/h5-6,8,13H,3-4,7H2,1-2H3/t13-/m0/s1. The van der Waals surface area contributed by atoms with Gasteiger partial charge in [0.25, 0.3) is 5.69 Å². The number of likely N-dealkylation sites (N-methyl/N-ethyl adjacent to an activating group) is 1. The molecule has 0 radical (unpaired) electrons. The highest BCUT2D eigenvalue weighted by Crippen LogP contribution is 2.31. The Bertz CT molecular complexity index is 621. The van der Waals surface area contributed by atoms with Crippen LogP contribution in [0.3, 0.4) is 0 Å². The van der Waals surface area contributed by atoms with E-state index in [1.54, 1.807) is 20.2 Å². The number of carbonyl (C=O) groups excluding carboxylic acids is 1. The second kappa shape index (κ2) is 5.79. The largest absolute Gasteiger partial charge is 0.358 e. The molecule has 1 heterocycles. The number of nitrogens with zero attached hydrogens (tertiary/aromatic N) is 4. The van der Waals surface area contributed by atoms with Crippen LogP contribution >= 0.6 is 0 Å². The van der Waals surface area contributed by atoms with Gasteiger partial charge >= 0.3 is 0 Å². The van der Waals surface area contributed by atoms with E-state index in [9.17, 15) is 20.2 Å². The lowest BCUT2D eigenvalue weighted by Crippen LogP contribution is -2.43. The van der Waals surface area contributed by atoms with E-state index in [2.05, 4.69) is 0 Å². The molecule has 0 aromatic heterocycles. The SMILES string of the molecule is CN(C)C(=O)[C@@H]1CCCN1c1ccc([N+](=O)[O-])cc1C#N. The molecule has 110 valence electrons. The Morgan fingerprint density at radius 3 is 2.81 bits per heavy atom. The van der Waals surface area contributed by atoms with Crippen LogP contribution in [-0.4, -0.2) is 42.4 Å². The van der Waals surface area contributed by atoms with E-state index in [4.69, 9.17) is 0 Å². The first-order chi connectivity index (χ1) is 9.95. The normalized spacial score (nSPS) is 17.4. The molecular weight excluding hydrogens is 272 g/mol. The average molecular weight is 288 g/mol. The van der Waals surface area contributed by atoms with Crippen molar-refractivity contribution in [1.29, 1.82) is 5.26 Å². The summed E-state index contributed by atoms with van der Waals surface area (Å²) in [6, 6.07) is 5.85. The predicted molar refractivity (Wildman–Crippen MR) is 76.9 cm³/mol. The zero-order valence-electron chi connectivity index (χ0n) is 11.9. The van der Waals surface area contributed by atoms with Gasteiger partial charge in [0.2, 0.25) is 5.91 Å². The van der Waals surface area contributed by atoms with Crippen LogP contribution in [-0.2, 0) is 4.79 Å². The highest BCUT2D eigenvalue weighted by atomic mass is 16.6. The summed E-state index contributed by atoms with van der Waals surface area (Å²) in [5, 5.41) is 20.0. The van der Waals surface area contributed by atoms with Gasteiger partial charge < -0.3 is 9.80 Å². The lowest BCUT2D eigenvalue weighted by atomic mass is 10.1. The maximum atomic E-state index is 12.2. The van der Waals surface area contributed by atoms with E-state index in [1.165, 1.54) is 17.0 Å². The van der Waals surface area contributed by atoms with Gasteiger partial charge in [-0.2, -0.15) is 5.26 Å². The number of benzene rings is 1. The summed E-state index contributed by atoms with van der Waals surface area (Å²) in [6.45, 7) is 0.663. The summed E-state index contributed by atoms with van der Waals surface area (Å²) >= 11 is 0. The summed E-state index contributed by atoms with van der Waals surface area (Å²) in [5.74, 6) is -0.0188. The van der Waals surface area contributed by atoms with E-state index < -0.39 is 4.92 Å². The smallest absolute Gasteiger partial charge is 0.270 e. The van der Waals surface area contributed by atoms with Crippen molar-refractivity contribution in [2.45, 2.75) is 18.9 Å². The first-order valence-electron chi connectivity index (χ1n) is 6.62. The van der Waals surface area contributed by atoms with E-state index >= 15 is 0 Å². The number of anilines is 1. The number of non-ortho nitro benzene ring substituents is 1. The number of amides is 1. The molecule has 0 saturated carbocycles. The second-order valence-corrected chi connectivity index (χ2v) is 5.15. The molecule has 0 N–H and O–H groups in total. The molecule has 1 amide bonds. The summed E-state index contributed by atoms with van der Waals surface area (Å²) in [4.78, 5) is 25.8. The molecule has 0 unspecified atom stereocenters. The number of carbonyl (C=O) groups is 1. The lowest BCUT2D eigenvalue weighted by Gasteiger charge is -2.28. The van der Waals surface area contributed by atoms with Gasteiger partial charge in [0.1, 0.15) is 12.1 Å². The predicted octanol–water partition coefficient (Wildman–Crippen LogP) is 1.52. The molecule has 1 aliphatic rings. The molecule has 1 saturated heterocycles. The van der Waals surface area contributed by atoms with Gasteiger partial charge in [-0.05, 0) is 18.9 Å². The van der Waals surface area contributed by atoms with Gasteiger partial charge in [0.05, 0.1) is 16.2 Å². The monoisotopic (exact) mass is 288 g/mol. The fourth-order valence-electron chi connectivity index (χ4n) is 2.59. The van der Waals surface area contributed by atoms with Crippen LogP contribution in [0.25, 0.3) is 0 Å². The summed E-state index contributed by atoms with van der Waals surface area (Å²) < 4.78 is 0. The average Bonchev–Trinajstić information content (AvgIpc) is 2.94. The van der Waals surface area contributed by atoms with Gasteiger partial charge in [0, 0.05) is 32.8 Å². The molecule has 0 spiro atoms. The Hall–Kier alpha value is -2.62. The molecule has 7 nitrogen and oxygen atoms in total. The molecule has 2 rings (SSSR count). The van der Waals surface area contributed by atoms with Gasteiger partial charge in [-0.25, -0.2) is 0 Å². The maximum Gasteiger partial charge on any atom is 0.270 e. The third-order valence-electron chi connectivity index (χ3n) is 3.60. The Kier molecular flexibility index (Phi) is 4.08. The number of hydrogen-bond acceptors (Lipinski definition) is 5. The van der Waals surface area contributed by atoms with Gasteiger partial charge in [0.15, 0.2) is 0 Å². The van der Waals surface area contributed by atoms with Crippen LogP contribution in [0.2, 0.25) is 0 Å². The van der Waals surface area contributed by atoms with Crippen LogP contribution in [0.1, 0.15) is 18.4 Å². The summed E-state index contributed by atoms with van der Waals surface area (Å²) in [7, 11) is 3.39. The molecular formula is C14H16N4O3. The molecule has 1 atom stereocenters. The van der Waals surface area contributed by atoms with E-state index in [-0.39, 0.29) is 23.2 Å². The van der Waals surface area contributed by atoms with Gasteiger partial charge in [-0.1, -0.05) is 0 Å². The molecule has 7 heteroatoms. The Morgan fingerprint density at radius 1 is 1.52 bits per heavy atom. The fourth-order valence-corrected chi connectivity index (χ4v) is 2.59. The zero-order valence-corrected chi connectivity index (χ0v) is 11.9. The number of nitriles is 1. The van der Waals surface area contributed by atoms with Crippen LogP contribution in [0.5, 0.6) is 0 Å². The number of rotatable bonds is 3. The minimum atomic E-state index is -0.531. The minimum Gasteiger partial charge on any atom is -0.358 e. The molecule has 0 aliphatic carbocycles. The molecule has 0 bridgehead atoms. The molecule has 1 aromatic carbocycles. The first kappa shape index (κ1) is 14.8. The van der Waals surface area contributed by atoms with Crippen molar-refractivity contribution in [3.8, 4) is 6.07 Å². The fraction of sp³-hybridized carbons (Fsp3) is 0.429. The third-order valence-corrected chi connectivity index (χ3v) is 3.60. The van der Waals surface area contributed by atoms with Crippen molar-refractivity contribution >= 4 is 17.3 Å². The van der Waals surface area contributed by atoms with Crippen molar-refractivity contribution in [3.05, 3.63) is 33.9 Å². The quantitative estimate of drug-likeness (QED) is 0.621. The van der Waals surface area contributed by atoms with Crippen LogP contribution in [0.4, 0.5) is 11.4 Å². The topological polar surface area (TPSA) is 90.5 Å². The van der Waals surface area contributed by atoms with Crippen molar-refractivity contribution in [1.82, 2.24) is 4.90 Å². The lowest BCUT2D eigenvalue weighted by molar-refractivity contribution is -0.384. The van der Waals surface area contributed by atoms with Crippen LogP contribution < -0.4 is 4.90 Å². The maximum absolute atomic E-state index is 12.2. The Morgan fingerprint density at radius 2 is 2.24 bits per heavy atom. The second-order valence-electron chi connectivity index (χ2n) is 5.15. The molecule has 21 heavy (non-hydrogen) atoms. The molecule has 1 aliphatic heterocycles.